The van der Waals surface area contributed by atoms with E-state index in [4.69, 9.17) is 5.73 Å². The highest BCUT2D eigenvalue weighted by Gasteiger charge is 2.29. The highest BCUT2D eigenvalue weighted by Crippen LogP contribution is 2.30. The van der Waals surface area contributed by atoms with Crippen LogP contribution in [-0.4, -0.2) is 29.5 Å². The second-order valence-corrected chi connectivity index (χ2v) is 8.18. The van der Waals surface area contributed by atoms with Crippen LogP contribution in [0.25, 0.3) is 0 Å². The molecule has 5 nitrogen and oxygen atoms in total. The number of nitrogens with two attached hydrogens (primary N) is 1. The number of anilines is 2. The molecule has 156 valence electrons. The second-order valence-electron chi connectivity index (χ2n) is 8.18. The third kappa shape index (κ3) is 5.54. The Morgan fingerprint density at radius 3 is 2.41 bits per heavy atom. The van der Waals surface area contributed by atoms with E-state index in [1.807, 2.05) is 32.2 Å². The maximum atomic E-state index is 13.4. The molecular weight excluding hydrogens is 367 g/mol. The van der Waals surface area contributed by atoms with Gasteiger partial charge in [-0.05, 0) is 68.0 Å². The summed E-state index contributed by atoms with van der Waals surface area (Å²) in [5.41, 5.74) is 7.72. The predicted molar refractivity (Wildman–Crippen MR) is 115 cm³/mol. The first-order valence-electron chi connectivity index (χ1n) is 10.4. The molecule has 0 saturated heterocycles. The Morgan fingerprint density at radius 2 is 1.90 bits per heavy atom. The van der Waals surface area contributed by atoms with E-state index < -0.39 is 6.04 Å². The van der Waals surface area contributed by atoms with Crippen molar-refractivity contribution >= 4 is 17.4 Å². The highest BCUT2D eigenvalue weighted by molar-refractivity contribution is 5.97. The summed E-state index contributed by atoms with van der Waals surface area (Å²) in [4.78, 5) is 21.6. The topological polar surface area (TPSA) is 62.5 Å². The van der Waals surface area contributed by atoms with Gasteiger partial charge in [-0.2, -0.15) is 0 Å². The minimum absolute atomic E-state index is 0.164. The molecular formula is C23H31FN4O. The smallest absolute Gasteiger partial charge is 0.244 e. The molecule has 0 unspecified atom stereocenters. The Kier molecular flexibility index (Phi) is 6.85. The molecule has 0 spiro atoms. The lowest BCUT2D eigenvalue weighted by molar-refractivity contribution is -0.120. The van der Waals surface area contributed by atoms with E-state index >= 15 is 0 Å². The van der Waals surface area contributed by atoms with Gasteiger partial charge in [-0.3, -0.25) is 4.79 Å². The molecule has 0 bridgehead atoms. The summed E-state index contributed by atoms with van der Waals surface area (Å²) in [5, 5.41) is 0. The number of nitrogens with zero attached hydrogens (tertiary/aromatic N) is 3. The Balaban J connectivity index is 1.80. The predicted octanol–water partition coefficient (Wildman–Crippen LogP) is 4.12. The number of pyridine rings is 1. The van der Waals surface area contributed by atoms with E-state index in [1.165, 1.54) is 25.0 Å². The molecule has 1 fully saturated rings. The zero-order valence-corrected chi connectivity index (χ0v) is 17.5. The summed E-state index contributed by atoms with van der Waals surface area (Å²) in [7, 11) is 0. The second kappa shape index (κ2) is 9.35. The van der Waals surface area contributed by atoms with Crippen molar-refractivity contribution in [3.63, 3.8) is 0 Å². The molecule has 2 N–H and O–H groups in total. The molecule has 0 radical (unpaired) electrons. The standard InChI is InChI=1S/C23H31FN4O/c1-4-27(19-10-11-19)22-12-5-17(14-26-22)15-28(20-8-6-18(24)7-9-20)23(29)21(25)13-16(2)3/h5-9,12,14,16,19,21H,4,10-11,13,15,25H2,1-3H3/t21-/m0/s1. The number of hydrogen-bond donors (Lipinski definition) is 1. The van der Waals surface area contributed by atoms with E-state index in [9.17, 15) is 9.18 Å². The molecule has 1 aromatic heterocycles. The average Bonchev–Trinajstić information content (AvgIpc) is 3.53. The van der Waals surface area contributed by atoms with Crippen molar-refractivity contribution in [1.29, 1.82) is 0 Å². The van der Waals surface area contributed by atoms with Crippen molar-refractivity contribution < 1.29 is 9.18 Å². The first-order valence-corrected chi connectivity index (χ1v) is 10.4. The molecule has 1 saturated carbocycles. The first kappa shape index (κ1) is 21.2. The Hall–Kier alpha value is -2.47. The van der Waals surface area contributed by atoms with Gasteiger partial charge in [-0.25, -0.2) is 9.37 Å². The van der Waals surface area contributed by atoms with Crippen molar-refractivity contribution in [2.45, 2.75) is 58.7 Å². The number of carbonyl (C=O) groups is 1. The SMILES string of the molecule is CCN(c1ccc(CN(C(=O)[C@@H](N)CC(C)C)c2ccc(F)cc2)cn1)C1CC1. The van der Waals surface area contributed by atoms with Crippen molar-refractivity contribution in [3.8, 4) is 0 Å². The summed E-state index contributed by atoms with van der Waals surface area (Å²) in [6, 6.07) is 9.97. The lowest BCUT2D eigenvalue weighted by atomic mass is 10.0. The van der Waals surface area contributed by atoms with Gasteiger partial charge in [0.25, 0.3) is 0 Å². The van der Waals surface area contributed by atoms with Crippen molar-refractivity contribution in [2.75, 3.05) is 16.3 Å². The van der Waals surface area contributed by atoms with Crippen LogP contribution in [0.15, 0.2) is 42.6 Å². The Morgan fingerprint density at radius 1 is 1.21 bits per heavy atom. The number of amides is 1. The fourth-order valence-electron chi connectivity index (χ4n) is 3.58. The zero-order chi connectivity index (χ0) is 21.0. The monoisotopic (exact) mass is 398 g/mol. The zero-order valence-electron chi connectivity index (χ0n) is 17.5. The maximum Gasteiger partial charge on any atom is 0.244 e. The molecule has 1 aliphatic carbocycles. The Labute approximate surface area is 172 Å². The summed E-state index contributed by atoms with van der Waals surface area (Å²) < 4.78 is 13.4. The molecule has 1 amide bonds. The molecule has 0 aliphatic heterocycles. The van der Waals surface area contributed by atoms with E-state index in [-0.39, 0.29) is 11.7 Å². The molecule has 1 atom stereocenters. The van der Waals surface area contributed by atoms with Crippen LogP contribution in [0.2, 0.25) is 0 Å². The van der Waals surface area contributed by atoms with Crippen LogP contribution in [0.5, 0.6) is 0 Å². The molecule has 1 heterocycles. The number of hydrogen-bond acceptors (Lipinski definition) is 4. The number of carbonyl (C=O) groups excluding carboxylic acids is 1. The molecule has 29 heavy (non-hydrogen) atoms. The molecule has 2 aromatic rings. The summed E-state index contributed by atoms with van der Waals surface area (Å²) in [6.07, 6.45) is 4.86. The van der Waals surface area contributed by atoms with Gasteiger partial charge in [0.1, 0.15) is 11.6 Å². The number of aromatic nitrogens is 1. The van der Waals surface area contributed by atoms with Crippen LogP contribution in [0.4, 0.5) is 15.9 Å². The minimum atomic E-state index is -0.599. The summed E-state index contributed by atoms with van der Waals surface area (Å²) >= 11 is 0. The third-order valence-electron chi connectivity index (χ3n) is 5.22. The van der Waals surface area contributed by atoms with E-state index in [1.54, 1.807) is 17.0 Å². The first-order chi connectivity index (χ1) is 13.9. The van der Waals surface area contributed by atoms with Gasteiger partial charge >= 0.3 is 0 Å². The van der Waals surface area contributed by atoms with Gasteiger partial charge < -0.3 is 15.5 Å². The highest BCUT2D eigenvalue weighted by atomic mass is 19.1. The van der Waals surface area contributed by atoms with Crippen LogP contribution in [-0.2, 0) is 11.3 Å². The van der Waals surface area contributed by atoms with Crippen molar-refractivity contribution in [1.82, 2.24) is 4.98 Å². The van der Waals surface area contributed by atoms with Crippen molar-refractivity contribution in [2.24, 2.45) is 11.7 Å². The van der Waals surface area contributed by atoms with Gasteiger partial charge in [0, 0.05) is 24.5 Å². The lowest BCUT2D eigenvalue weighted by Gasteiger charge is -2.27. The lowest BCUT2D eigenvalue weighted by Crippen LogP contribution is -2.44. The molecule has 1 aliphatic rings. The van der Waals surface area contributed by atoms with E-state index in [0.29, 0.717) is 30.6 Å². The quantitative estimate of drug-likeness (QED) is 0.690. The van der Waals surface area contributed by atoms with Crippen LogP contribution in [0.3, 0.4) is 0 Å². The molecule has 6 heteroatoms. The van der Waals surface area contributed by atoms with Crippen LogP contribution in [0, 0.1) is 11.7 Å². The third-order valence-corrected chi connectivity index (χ3v) is 5.22. The molecule has 1 aromatic carbocycles. The summed E-state index contributed by atoms with van der Waals surface area (Å²) in [6.45, 7) is 7.49. The fraction of sp³-hybridized carbons (Fsp3) is 0.478. The van der Waals surface area contributed by atoms with Gasteiger partial charge in [0.2, 0.25) is 5.91 Å². The van der Waals surface area contributed by atoms with Crippen LogP contribution >= 0.6 is 0 Å². The van der Waals surface area contributed by atoms with Gasteiger partial charge in [-0.15, -0.1) is 0 Å². The van der Waals surface area contributed by atoms with Crippen molar-refractivity contribution in [3.05, 3.63) is 54.0 Å². The Bertz CT molecular complexity index is 803. The average molecular weight is 399 g/mol. The largest absolute Gasteiger partial charge is 0.354 e. The van der Waals surface area contributed by atoms with Gasteiger partial charge in [0.15, 0.2) is 0 Å². The van der Waals surface area contributed by atoms with E-state index in [0.717, 1.165) is 17.9 Å². The number of halogens is 1. The fourth-order valence-corrected chi connectivity index (χ4v) is 3.58. The number of benzene rings is 1. The maximum absolute atomic E-state index is 13.4. The molecule has 3 rings (SSSR count). The van der Waals surface area contributed by atoms with Crippen LogP contribution in [0.1, 0.15) is 45.6 Å². The minimum Gasteiger partial charge on any atom is -0.354 e. The van der Waals surface area contributed by atoms with Gasteiger partial charge in [-0.1, -0.05) is 19.9 Å². The van der Waals surface area contributed by atoms with Crippen LogP contribution < -0.4 is 15.5 Å². The normalized spacial score (nSPS) is 14.7. The van der Waals surface area contributed by atoms with E-state index in [2.05, 4.69) is 16.8 Å². The summed E-state index contributed by atoms with van der Waals surface area (Å²) in [5.74, 6) is 0.781. The number of rotatable bonds is 9. The van der Waals surface area contributed by atoms with Gasteiger partial charge in [0.05, 0.1) is 12.6 Å².